The zero-order valence-corrected chi connectivity index (χ0v) is 12.9. The molecule has 0 amide bonds. The van der Waals surface area contributed by atoms with E-state index in [1.165, 1.54) is 14.0 Å². The van der Waals surface area contributed by atoms with E-state index in [0.29, 0.717) is 12.8 Å². The molecule has 1 aliphatic heterocycles. The fraction of sp³-hybridized carbons (Fsp3) is 0.667. The third-order valence-electron chi connectivity index (χ3n) is 3.71. The van der Waals surface area contributed by atoms with Crippen LogP contribution in [0.4, 0.5) is 0 Å². The molecule has 1 heterocycles. The molecule has 0 bridgehead atoms. The van der Waals surface area contributed by atoms with Gasteiger partial charge in [0.15, 0.2) is 0 Å². The number of esters is 3. The van der Waals surface area contributed by atoms with E-state index in [0.717, 1.165) is 6.42 Å². The molecule has 1 fully saturated rings. The third kappa shape index (κ3) is 3.25. The maximum absolute atomic E-state index is 12.1. The number of hydrogen-bond acceptors (Lipinski definition) is 6. The van der Waals surface area contributed by atoms with Crippen LogP contribution in [0.3, 0.4) is 0 Å². The molecule has 1 rings (SSSR count). The lowest BCUT2D eigenvalue weighted by Crippen LogP contribution is -2.44. The summed E-state index contributed by atoms with van der Waals surface area (Å²) in [7, 11) is 1.23. The van der Waals surface area contributed by atoms with Gasteiger partial charge in [0, 0.05) is 5.57 Å². The minimum Gasteiger partial charge on any atom is -0.469 e. The van der Waals surface area contributed by atoms with Gasteiger partial charge >= 0.3 is 17.9 Å². The highest BCUT2D eigenvalue weighted by Gasteiger charge is 2.60. The monoisotopic (exact) mass is 298 g/mol. The van der Waals surface area contributed by atoms with Gasteiger partial charge in [0.05, 0.1) is 7.11 Å². The second kappa shape index (κ2) is 6.74. The number of hydrogen-bond donors (Lipinski definition) is 0. The summed E-state index contributed by atoms with van der Waals surface area (Å²) in [5.41, 5.74) is -0.838. The lowest BCUT2D eigenvalue weighted by atomic mass is 9.80. The summed E-state index contributed by atoms with van der Waals surface area (Å²) >= 11 is 0. The van der Waals surface area contributed by atoms with Crippen LogP contribution in [0.2, 0.25) is 0 Å². The molecule has 6 nitrogen and oxygen atoms in total. The summed E-state index contributed by atoms with van der Waals surface area (Å²) < 4.78 is 15.3. The molecule has 3 unspecified atom stereocenters. The maximum Gasteiger partial charge on any atom is 0.349 e. The first-order valence-corrected chi connectivity index (χ1v) is 7.00. The summed E-state index contributed by atoms with van der Waals surface area (Å²) in [4.78, 5) is 35.9. The molecule has 0 aromatic carbocycles. The molecule has 0 radical (unpaired) electrons. The highest BCUT2D eigenvalue weighted by atomic mass is 16.6. The Kier molecular flexibility index (Phi) is 5.52. The van der Waals surface area contributed by atoms with Crippen molar-refractivity contribution < 1.29 is 28.6 Å². The first kappa shape index (κ1) is 17.2. The molecule has 0 aromatic rings. The molecule has 0 aromatic heterocycles. The van der Waals surface area contributed by atoms with Crippen molar-refractivity contribution >= 4 is 17.9 Å². The Balaban J connectivity index is 3.16. The number of methoxy groups -OCH3 is 1. The predicted octanol–water partition coefficient (Wildman–Crippen LogP) is 1.77. The third-order valence-corrected chi connectivity index (χ3v) is 3.71. The molecule has 21 heavy (non-hydrogen) atoms. The Morgan fingerprint density at radius 1 is 1.38 bits per heavy atom. The molecule has 1 saturated heterocycles. The van der Waals surface area contributed by atoms with Crippen molar-refractivity contribution in [1.82, 2.24) is 0 Å². The van der Waals surface area contributed by atoms with Crippen LogP contribution >= 0.6 is 0 Å². The van der Waals surface area contributed by atoms with E-state index in [4.69, 9.17) is 14.2 Å². The fourth-order valence-electron chi connectivity index (χ4n) is 2.63. The summed E-state index contributed by atoms with van der Waals surface area (Å²) in [6.07, 6.45) is 0.368. The van der Waals surface area contributed by atoms with E-state index in [9.17, 15) is 14.4 Å². The average Bonchev–Trinajstić information content (AvgIpc) is 2.71. The normalized spacial score (nSPS) is 27.9. The minimum atomic E-state index is -1.28. The highest BCUT2D eigenvalue weighted by Crippen LogP contribution is 2.42. The molecule has 0 N–H and O–H groups in total. The molecule has 6 heteroatoms. The van der Waals surface area contributed by atoms with Crippen LogP contribution < -0.4 is 0 Å². The number of rotatable bonds is 6. The summed E-state index contributed by atoms with van der Waals surface area (Å²) in [6, 6.07) is 0. The Bertz CT molecular complexity index is 455. The molecular weight excluding hydrogens is 276 g/mol. The van der Waals surface area contributed by atoms with E-state index in [-0.39, 0.29) is 5.57 Å². The molecular formula is C15H22O6. The van der Waals surface area contributed by atoms with E-state index >= 15 is 0 Å². The van der Waals surface area contributed by atoms with Crippen LogP contribution in [0.25, 0.3) is 0 Å². The quantitative estimate of drug-likeness (QED) is 0.422. The fourth-order valence-corrected chi connectivity index (χ4v) is 2.63. The topological polar surface area (TPSA) is 78.9 Å². The van der Waals surface area contributed by atoms with Gasteiger partial charge < -0.3 is 14.2 Å². The van der Waals surface area contributed by atoms with Crippen molar-refractivity contribution in [2.45, 2.75) is 51.7 Å². The molecule has 0 spiro atoms. The standard InChI is InChI=1S/C15H22O6/c1-6-8-15(7-2)10(13(17)19-5)11(14(18)21-15)20-12(16)9(3)4/h10-11H,3,6-8H2,1-2,4-5H3. The van der Waals surface area contributed by atoms with Crippen LogP contribution in [0.15, 0.2) is 12.2 Å². The van der Waals surface area contributed by atoms with Gasteiger partial charge in [-0.05, 0) is 19.8 Å². The van der Waals surface area contributed by atoms with Gasteiger partial charge in [-0.2, -0.15) is 0 Å². The minimum absolute atomic E-state index is 0.149. The van der Waals surface area contributed by atoms with Crippen molar-refractivity contribution in [1.29, 1.82) is 0 Å². The summed E-state index contributed by atoms with van der Waals surface area (Å²) in [6.45, 7) is 8.67. The highest BCUT2D eigenvalue weighted by molar-refractivity contribution is 5.93. The van der Waals surface area contributed by atoms with Gasteiger partial charge in [0.1, 0.15) is 11.5 Å². The summed E-state index contributed by atoms with van der Waals surface area (Å²) in [5.74, 6) is -3.01. The molecule has 1 aliphatic rings. The van der Waals surface area contributed by atoms with Crippen LogP contribution in [-0.2, 0) is 28.6 Å². The smallest absolute Gasteiger partial charge is 0.349 e. The first-order valence-electron chi connectivity index (χ1n) is 7.00. The van der Waals surface area contributed by atoms with Crippen molar-refractivity contribution in [3.8, 4) is 0 Å². The van der Waals surface area contributed by atoms with Crippen molar-refractivity contribution in [2.24, 2.45) is 5.92 Å². The lowest BCUT2D eigenvalue weighted by molar-refractivity contribution is -0.162. The zero-order chi connectivity index (χ0) is 16.2. The number of cyclic esters (lactones) is 1. The van der Waals surface area contributed by atoms with Crippen molar-refractivity contribution in [2.75, 3.05) is 7.11 Å². The molecule has 3 atom stereocenters. The lowest BCUT2D eigenvalue weighted by Gasteiger charge is -2.31. The largest absolute Gasteiger partial charge is 0.469 e. The summed E-state index contributed by atoms with van der Waals surface area (Å²) in [5, 5.41) is 0. The van der Waals surface area contributed by atoms with Gasteiger partial charge in [0.2, 0.25) is 6.10 Å². The van der Waals surface area contributed by atoms with Crippen molar-refractivity contribution in [3.63, 3.8) is 0 Å². The molecule has 0 saturated carbocycles. The Hall–Kier alpha value is -1.85. The Morgan fingerprint density at radius 3 is 2.43 bits per heavy atom. The van der Waals surface area contributed by atoms with E-state index in [1.54, 1.807) is 0 Å². The SMILES string of the molecule is C=C(C)C(=O)OC1C(=O)OC(CC)(CCC)C1C(=O)OC. The van der Waals surface area contributed by atoms with E-state index in [2.05, 4.69) is 6.58 Å². The maximum atomic E-state index is 12.1. The number of ether oxygens (including phenoxy) is 3. The number of carbonyl (C=O) groups excluding carboxylic acids is 3. The van der Waals surface area contributed by atoms with Gasteiger partial charge in [0.25, 0.3) is 0 Å². The van der Waals surface area contributed by atoms with Crippen LogP contribution in [0.1, 0.15) is 40.0 Å². The first-order chi connectivity index (χ1) is 9.82. The van der Waals surface area contributed by atoms with Gasteiger partial charge in [-0.3, -0.25) is 4.79 Å². The second-order valence-electron chi connectivity index (χ2n) is 5.20. The van der Waals surface area contributed by atoms with E-state index < -0.39 is 35.5 Å². The van der Waals surface area contributed by atoms with Gasteiger partial charge in [-0.25, -0.2) is 9.59 Å². The van der Waals surface area contributed by atoms with Gasteiger partial charge in [-0.15, -0.1) is 0 Å². The predicted molar refractivity (Wildman–Crippen MR) is 74.2 cm³/mol. The number of carbonyl (C=O) groups is 3. The Morgan fingerprint density at radius 2 is 2.00 bits per heavy atom. The Labute approximate surface area is 124 Å². The van der Waals surface area contributed by atoms with Gasteiger partial charge in [-0.1, -0.05) is 26.8 Å². The van der Waals surface area contributed by atoms with Crippen LogP contribution in [0, 0.1) is 5.92 Å². The van der Waals surface area contributed by atoms with E-state index in [1.807, 2.05) is 13.8 Å². The molecule has 118 valence electrons. The van der Waals surface area contributed by atoms with Crippen molar-refractivity contribution in [3.05, 3.63) is 12.2 Å². The zero-order valence-electron chi connectivity index (χ0n) is 12.9. The molecule has 0 aliphatic carbocycles. The van der Waals surface area contributed by atoms with Crippen LogP contribution in [-0.4, -0.2) is 36.7 Å². The van der Waals surface area contributed by atoms with Crippen LogP contribution in [0.5, 0.6) is 0 Å². The second-order valence-corrected chi connectivity index (χ2v) is 5.20. The average molecular weight is 298 g/mol.